The van der Waals surface area contributed by atoms with Crippen molar-refractivity contribution in [3.8, 4) is 0 Å². The van der Waals surface area contributed by atoms with Gasteiger partial charge in [0.25, 0.3) is 0 Å². The molecule has 0 aliphatic rings. The fourth-order valence-electron chi connectivity index (χ4n) is 3.02. The molecule has 31 heavy (non-hydrogen) atoms. The van der Waals surface area contributed by atoms with Crippen LogP contribution in [0.15, 0.2) is 10.1 Å². The quantitative estimate of drug-likeness (QED) is 0.376. The molecule has 2 rings (SSSR count). The molecule has 2 aromatic rings. The monoisotopic (exact) mass is 484 g/mol. The standard InChI is InChI=1S/C18H32N10S3/c1-7-19-15-13(27(9-3)10-4)17(23-25-21-15)29-31-30-18-14(28(11-5)12-6)16(20-8-2)22-26-24-18/h7-12H2,1-6H3,(H,19,21,23)(H,20,22,24). The number of nitrogens with zero attached hydrogens (tertiary/aromatic N) is 8. The van der Waals surface area contributed by atoms with Gasteiger partial charge < -0.3 is 20.4 Å². The number of hydrogen-bond donors (Lipinski definition) is 2. The molecule has 0 radical (unpaired) electrons. The summed E-state index contributed by atoms with van der Waals surface area (Å²) >= 11 is 0. The molecule has 2 aromatic heterocycles. The maximum absolute atomic E-state index is 4.32. The van der Waals surface area contributed by atoms with Crippen LogP contribution >= 0.6 is 31.4 Å². The summed E-state index contributed by atoms with van der Waals surface area (Å²) in [6.07, 6.45) is 0. The lowest BCUT2D eigenvalue weighted by Gasteiger charge is -2.25. The molecule has 0 atom stereocenters. The van der Waals surface area contributed by atoms with E-state index in [0.29, 0.717) is 0 Å². The Morgan fingerprint density at radius 1 is 0.613 bits per heavy atom. The summed E-state index contributed by atoms with van der Waals surface area (Å²) < 4.78 is 0. The molecule has 0 bridgehead atoms. The molecule has 0 aliphatic heterocycles. The summed E-state index contributed by atoms with van der Waals surface area (Å²) in [6.45, 7) is 17.6. The van der Waals surface area contributed by atoms with Crippen LogP contribution in [0.1, 0.15) is 41.5 Å². The molecule has 2 N–H and O–H groups in total. The van der Waals surface area contributed by atoms with Gasteiger partial charge in [-0.2, -0.15) is 0 Å². The van der Waals surface area contributed by atoms with Crippen molar-refractivity contribution >= 4 is 54.4 Å². The summed E-state index contributed by atoms with van der Waals surface area (Å²) in [5.74, 6) is 1.52. The highest BCUT2D eigenvalue weighted by atomic mass is 33.5. The van der Waals surface area contributed by atoms with Gasteiger partial charge in [-0.05, 0) is 83.4 Å². The van der Waals surface area contributed by atoms with Gasteiger partial charge in [-0.1, -0.05) is 0 Å². The van der Waals surface area contributed by atoms with Gasteiger partial charge in [0.15, 0.2) is 21.7 Å². The van der Waals surface area contributed by atoms with E-state index in [4.69, 9.17) is 0 Å². The molecule has 0 saturated carbocycles. The van der Waals surface area contributed by atoms with Crippen LogP contribution in [0.3, 0.4) is 0 Å². The molecule has 0 saturated heterocycles. The van der Waals surface area contributed by atoms with Crippen molar-refractivity contribution in [2.24, 2.45) is 0 Å². The molecule has 0 aromatic carbocycles. The predicted molar refractivity (Wildman–Crippen MR) is 134 cm³/mol. The Morgan fingerprint density at radius 2 is 1.00 bits per heavy atom. The fraction of sp³-hybridized carbons (Fsp3) is 0.667. The summed E-state index contributed by atoms with van der Waals surface area (Å²) in [5, 5.41) is 33.3. The van der Waals surface area contributed by atoms with Crippen LogP contribution in [0.2, 0.25) is 0 Å². The van der Waals surface area contributed by atoms with Crippen LogP contribution in [0.4, 0.5) is 23.0 Å². The van der Waals surface area contributed by atoms with Gasteiger partial charge in [-0.25, -0.2) is 0 Å². The third-order valence-electron chi connectivity index (χ3n) is 4.49. The third kappa shape index (κ3) is 6.62. The highest BCUT2D eigenvalue weighted by Crippen LogP contribution is 2.49. The maximum Gasteiger partial charge on any atom is 0.177 e. The molecule has 0 fully saturated rings. The number of rotatable bonds is 14. The number of anilines is 4. The van der Waals surface area contributed by atoms with Crippen LogP contribution in [-0.2, 0) is 0 Å². The number of hydrogen-bond acceptors (Lipinski definition) is 13. The zero-order valence-electron chi connectivity index (χ0n) is 19.0. The van der Waals surface area contributed by atoms with E-state index >= 15 is 0 Å². The number of aromatic nitrogens is 6. The van der Waals surface area contributed by atoms with E-state index in [9.17, 15) is 0 Å². The van der Waals surface area contributed by atoms with Crippen molar-refractivity contribution in [3.63, 3.8) is 0 Å². The van der Waals surface area contributed by atoms with Crippen molar-refractivity contribution in [3.05, 3.63) is 0 Å². The second-order valence-electron chi connectivity index (χ2n) is 6.22. The first-order valence-corrected chi connectivity index (χ1v) is 14.1. The Bertz CT molecular complexity index is 737. The molecule has 0 amide bonds. The van der Waals surface area contributed by atoms with Crippen molar-refractivity contribution < 1.29 is 0 Å². The fourth-order valence-corrected chi connectivity index (χ4v) is 6.56. The molecular weight excluding hydrogens is 452 g/mol. The summed E-state index contributed by atoms with van der Waals surface area (Å²) in [6, 6.07) is 0. The van der Waals surface area contributed by atoms with Gasteiger partial charge in [0.1, 0.15) is 11.4 Å². The van der Waals surface area contributed by atoms with Gasteiger partial charge >= 0.3 is 0 Å². The minimum Gasteiger partial charge on any atom is -0.367 e. The van der Waals surface area contributed by atoms with Gasteiger partial charge in [-0.15, -0.1) is 20.4 Å². The third-order valence-corrected chi connectivity index (χ3v) is 8.07. The van der Waals surface area contributed by atoms with E-state index < -0.39 is 0 Å². The van der Waals surface area contributed by atoms with Gasteiger partial charge in [0, 0.05) is 39.3 Å². The molecule has 2 heterocycles. The Hall–Kier alpha value is -1.73. The predicted octanol–water partition coefficient (Wildman–Crippen LogP) is 4.06. The van der Waals surface area contributed by atoms with E-state index in [0.717, 1.165) is 72.3 Å². The Morgan fingerprint density at radius 3 is 1.32 bits per heavy atom. The van der Waals surface area contributed by atoms with Crippen LogP contribution in [0.25, 0.3) is 0 Å². The normalized spacial score (nSPS) is 10.8. The van der Waals surface area contributed by atoms with E-state index in [1.165, 1.54) is 0 Å². The molecule has 13 heteroatoms. The Balaban J connectivity index is 2.27. The second kappa shape index (κ2) is 13.6. The van der Waals surface area contributed by atoms with Gasteiger partial charge in [0.2, 0.25) is 0 Å². The number of nitrogens with one attached hydrogen (secondary N) is 2. The molecular formula is C18H32N10S3. The molecule has 0 unspecified atom stereocenters. The molecule has 10 nitrogen and oxygen atoms in total. The lowest BCUT2D eigenvalue weighted by molar-refractivity contribution is 0.767. The minimum atomic E-state index is 0.760. The lowest BCUT2D eigenvalue weighted by Crippen LogP contribution is -2.25. The first-order chi connectivity index (χ1) is 15.1. The van der Waals surface area contributed by atoms with Crippen LogP contribution < -0.4 is 20.4 Å². The first-order valence-electron chi connectivity index (χ1n) is 10.6. The van der Waals surface area contributed by atoms with Gasteiger partial charge in [-0.3, -0.25) is 0 Å². The Labute approximate surface area is 196 Å². The smallest absolute Gasteiger partial charge is 0.177 e. The van der Waals surface area contributed by atoms with E-state index in [1.807, 2.05) is 13.8 Å². The average Bonchev–Trinajstić information content (AvgIpc) is 2.78. The largest absolute Gasteiger partial charge is 0.367 e. The van der Waals surface area contributed by atoms with Crippen LogP contribution in [-0.4, -0.2) is 70.1 Å². The van der Waals surface area contributed by atoms with Crippen molar-refractivity contribution in [1.29, 1.82) is 0 Å². The lowest BCUT2D eigenvalue weighted by atomic mass is 10.4. The zero-order chi connectivity index (χ0) is 22.6. The van der Waals surface area contributed by atoms with Crippen molar-refractivity contribution in [2.45, 2.75) is 51.6 Å². The molecule has 172 valence electrons. The summed E-state index contributed by atoms with van der Waals surface area (Å²) in [5.41, 5.74) is 1.97. The zero-order valence-corrected chi connectivity index (χ0v) is 21.5. The Kier molecular flexibility index (Phi) is 11.2. The topological polar surface area (TPSA) is 108 Å². The molecule has 0 spiro atoms. The van der Waals surface area contributed by atoms with E-state index in [-0.39, 0.29) is 0 Å². The first kappa shape index (κ1) is 25.5. The van der Waals surface area contributed by atoms with Crippen molar-refractivity contribution in [1.82, 2.24) is 30.8 Å². The highest BCUT2D eigenvalue weighted by molar-refractivity contribution is 9.09. The summed E-state index contributed by atoms with van der Waals surface area (Å²) in [7, 11) is 4.69. The van der Waals surface area contributed by atoms with Crippen LogP contribution in [0.5, 0.6) is 0 Å². The second-order valence-corrected chi connectivity index (χ2v) is 10.1. The minimum absolute atomic E-state index is 0.760. The highest BCUT2D eigenvalue weighted by Gasteiger charge is 2.21. The maximum atomic E-state index is 4.32. The average molecular weight is 485 g/mol. The van der Waals surface area contributed by atoms with E-state index in [2.05, 4.69) is 78.9 Å². The van der Waals surface area contributed by atoms with Crippen LogP contribution in [0, 0.1) is 0 Å². The molecule has 0 aliphatic carbocycles. The van der Waals surface area contributed by atoms with E-state index in [1.54, 1.807) is 31.4 Å². The SMILES string of the molecule is CCNc1nnnc(SSSc2nnnc(NCC)c2N(CC)CC)c1N(CC)CC. The van der Waals surface area contributed by atoms with Crippen molar-refractivity contribution in [2.75, 3.05) is 59.7 Å². The summed E-state index contributed by atoms with van der Waals surface area (Å²) in [4.78, 5) is 4.48. The van der Waals surface area contributed by atoms with Gasteiger partial charge in [0.05, 0.1) is 0 Å².